The average Bonchev–Trinajstić information content (AvgIpc) is 3.16. The van der Waals surface area contributed by atoms with Gasteiger partial charge in [-0.05, 0) is 116 Å². The molecular weight excluding hydrogens is 432 g/mol. The van der Waals surface area contributed by atoms with Crippen LogP contribution in [0.4, 0.5) is 4.79 Å². The number of carbonyl (C=O) groups is 1. The van der Waals surface area contributed by atoms with E-state index >= 15 is 0 Å². The SMILES string of the molecule is C=CCCOC(=O)OC1CC[C@@]2(C)C(CCC3C2CC[C@@]2(C)C3CCC2[C@@H](C)CCCC(C)C)C1. The molecule has 3 heteroatoms. The Labute approximate surface area is 216 Å². The van der Waals surface area contributed by atoms with Gasteiger partial charge in [0.05, 0.1) is 6.61 Å². The lowest BCUT2D eigenvalue weighted by Gasteiger charge is -2.61. The van der Waals surface area contributed by atoms with Crippen molar-refractivity contribution in [2.45, 2.75) is 124 Å². The Morgan fingerprint density at radius 2 is 1.71 bits per heavy atom. The summed E-state index contributed by atoms with van der Waals surface area (Å²) in [6.45, 7) is 16.7. The van der Waals surface area contributed by atoms with Gasteiger partial charge in [0.1, 0.15) is 6.10 Å². The predicted octanol–water partition coefficient (Wildman–Crippen LogP) is 9.21. The van der Waals surface area contributed by atoms with E-state index in [1.807, 2.05) is 0 Å². The van der Waals surface area contributed by atoms with Crippen LogP contribution in [0.1, 0.15) is 118 Å². The van der Waals surface area contributed by atoms with Crippen LogP contribution in [0.5, 0.6) is 0 Å². The van der Waals surface area contributed by atoms with Crippen LogP contribution in [0.2, 0.25) is 0 Å². The molecule has 4 aliphatic carbocycles. The summed E-state index contributed by atoms with van der Waals surface area (Å²) in [5.41, 5.74) is 0.995. The molecule has 9 atom stereocenters. The fraction of sp³-hybridized carbons (Fsp3) is 0.906. The fourth-order valence-electron chi connectivity index (χ4n) is 9.75. The summed E-state index contributed by atoms with van der Waals surface area (Å²) in [7, 11) is 0. The molecule has 200 valence electrons. The normalized spacial score (nSPS) is 41.4. The Morgan fingerprint density at radius 3 is 2.46 bits per heavy atom. The Bertz CT molecular complexity index is 730. The van der Waals surface area contributed by atoms with Crippen LogP contribution in [0.25, 0.3) is 0 Å². The standard InChI is InChI=1S/C32H54O3/c1-7-8-20-34-30(33)35-25-16-18-31(5)24(21-25)12-13-26-28-15-14-27(23(4)11-9-10-22(2)3)32(28,6)19-17-29(26)31/h7,22-29H,1,8-21H2,2-6H3/t23-,24?,25?,26?,27?,28?,29?,31-,32+/m0/s1. The number of ether oxygens (including phenoxy) is 2. The Morgan fingerprint density at radius 1 is 0.971 bits per heavy atom. The third-order valence-corrected chi connectivity index (χ3v) is 11.6. The highest BCUT2D eigenvalue weighted by atomic mass is 16.7. The highest BCUT2D eigenvalue weighted by Crippen LogP contribution is 2.68. The van der Waals surface area contributed by atoms with Crippen molar-refractivity contribution >= 4 is 6.16 Å². The van der Waals surface area contributed by atoms with Gasteiger partial charge in [-0.15, -0.1) is 6.58 Å². The molecule has 0 aliphatic heterocycles. The number of carbonyl (C=O) groups excluding carboxylic acids is 1. The van der Waals surface area contributed by atoms with Gasteiger partial charge in [0.2, 0.25) is 0 Å². The van der Waals surface area contributed by atoms with E-state index in [9.17, 15) is 4.79 Å². The summed E-state index contributed by atoms with van der Waals surface area (Å²) in [4.78, 5) is 12.1. The van der Waals surface area contributed by atoms with Crippen molar-refractivity contribution < 1.29 is 14.3 Å². The van der Waals surface area contributed by atoms with E-state index in [4.69, 9.17) is 9.47 Å². The minimum absolute atomic E-state index is 0.0391. The first-order valence-electron chi connectivity index (χ1n) is 15.1. The second-order valence-corrected chi connectivity index (χ2v) is 13.9. The van der Waals surface area contributed by atoms with Gasteiger partial charge in [-0.25, -0.2) is 4.79 Å². The van der Waals surface area contributed by atoms with Gasteiger partial charge in [-0.3, -0.25) is 0 Å². The molecule has 4 aliphatic rings. The summed E-state index contributed by atoms with van der Waals surface area (Å²) in [5.74, 6) is 6.07. The van der Waals surface area contributed by atoms with Gasteiger partial charge in [-0.2, -0.15) is 0 Å². The summed E-state index contributed by atoms with van der Waals surface area (Å²) in [5, 5.41) is 0. The number of hydrogen-bond donors (Lipinski definition) is 0. The number of fused-ring (bicyclic) bond motifs is 5. The minimum atomic E-state index is -0.484. The van der Waals surface area contributed by atoms with Gasteiger partial charge in [0, 0.05) is 0 Å². The lowest BCUT2D eigenvalue weighted by Crippen LogP contribution is -2.54. The molecule has 4 fully saturated rings. The largest absolute Gasteiger partial charge is 0.508 e. The quantitative estimate of drug-likeness (QED) is 0.185. The van der Waals surface area contributed by atoms with Crippen LogP contribution < -0.4 is 0 Å². The lowest BCUT2D eigenvalue weighted by molar-refractivity contribution is -0.132. The number of hydrogen-bond acceptors (Lipinski definition) is 3. The predicted molar refractivity (Wildman–Crippen MR) is 144 cm³/mol. The van der Waals surface area contributed by atoms with E-state index in [1.54, 1.807) is 6.08 Å². The third-order valence-electron chi connectivity index (χ3n) is 11.6. The van der Waals surface area contributed by atoms with Gasteiger partial charge in [0.25, 0.3) is 0 Å². The second-order valence-electron chi connectivity index (χ2n) is 13.9. The van der Waals surface area contributed by atoms with Crippen molar-refractivity contribution in [2.24, 2.45) is 52.3 Å². The van der Waals surface area contributed by atoms with Crippen molar-refractivity contribution in [3.63, 3.8) is 0 Å². The zero-order valence-corrected chi connectivity index (χ0v) is 23.5. The summed E-state index contributed by atoms with van der Waals surface area (Å²) >= 11 is 0. The molecule has 6 unspecified atom stereocenters. The first kappa shape index (κ1) is 27.1. The van der Waals surface area contributed by atoms with Crippen LogP contribution in [-0.2, 0) is 9.47 Å². The van der Waals surface area contributed by atoms with Crippen LogP contribution in [0.15, 0.2) is 12.7 Å². The van der Waals surface area contributed by atoms with Crippen LogP contribution in [-0.4, -0.2) is 18.9 Å². The van der Waals surface area contributed by atoms with Crippen molar-refractivity contribution in [2.75, 3.05) is 6.61 Å². The van der Waals surface area contributed by atoms with Crippen LogP contribution in [0, 0.1) is 52.3 Å². The van der Waals surface area contributed by atoms with E-state index in [0.717, 1.165) is 48.3 Å². The van der Waals surface area contributed by atoms with E-state index < -0.39 is 6.16 Å². The third kappa shape index (κ3) is 5.49. The smallest absolute Gasteiger partial charge is 0.434 e. The van der Waals surface area contributed by atoms with E-state index in [-0.39, 0.29) is 6.10 Å². The van der Waals surface area contributed by atoms with Gasteiger partial charge in [-0.1, -0.05) is 60.0 Å². The topological polar surface area (TPSA) is 35.5 Å². The number of rotatable bonds is 9. The van der Waals surface area contributed by atoms with E-state index in [2.05, 4.69) is 41.2 Å². The Hall–Kier alpha value is -0.990. The second kappa shape index (κ2) is 11.2. The molecule has 0 heterocycles. The molecule has 0 bridgehead atoms. The molecule has 0 aromatic rings. The zero-order valence-electron chi connectivity index (χ0n) is 23.5. The monoisotopic (exact) mass is 486 g/mol. The average molecular weight is 487 g/mol. The first-order chi connectivity index (χ1) is 16.7. The molecule has 0 radical (unpaired) electrons. The molecule has 0 aromatic heterocycles. The zero-order chi connectivity index (χ0) is 25.2. The Kier molecular flexibility index (Phi) is 8.64. The molecule has 0 saturated heterocycles. The molecule has 35 heavy (non-hydrogen) atoms. The van der Waals surface area contributed by atoms with Crippen molar-refractivity contribution in [3.8, 4) is 0 Å². The maximum atomic E-state index is 12.1. The molecule has 0 N–H and O–H groups in total. The molecule has 4 rings (SSSR count). The maximum Gasteiger partial charge on any atom is 0.508 e. The molecular formula is C32H54O3. The first-order valence-corrected chi connectivity index (χ1v) is 15.1. The minimum Gasteiger partial charge on any atom is -0.434 e. The van der Waals surface area contributed by atoms with Gasteiger partial charge >= 0.3 is 6.16 Å². The summed E-state index contributed by atoms with van der Waals surface area (Å²) in [6, 6.07) is 0. The van der Waals surface area contributed by atoms with Gasteiger partial charge in [0.15, 0.2) is 0 Å². The van der Waals surface area contributed by atoms with Crippen LogP contribution >= 0.6 is 0 Å². The molecule has 0 spiro atoms. The van der Waals surface area contributed by atoms with Crippen LogP contribution in [0.3, 0.4) is 0 Å². The Balaban J connectivity index is 1.36. The molecule has 0 aromatic carbocycles. The van der Waals surface area contributed by atoms with E-state index in [1.165, 1.54) is 64.2 Å². The highest BCUT2D eigenvalue weighted by Gasteiger charge is 2.60. The maximum absolute atomic E-state index is 12.1. The lowest BCUT2D eigenvalue weighted by atomic mass is 9.44. The van der Waals surface area contributed by atoms with E-state index in [0.29, 0.717) is 29.8 Å². The van der Waals surface area contributed by atoms with Crippen molar-refractivity contribution in [1.29, 1.82) is 0 Å². The summed E-state index contributed by atoms with van der Waals surface area (Å²) < 4.78 is 11.0. The molecule has 4 saturated carbocycles. The van der Waals surface area contributed by atoms with Crippen molar-refractivity contribution in [1.82, 2.24) is 0 Å². The highest BCUT2D eigenvalue weighted by molar-refractivity contribution is 5.60. The molecule has 0 amide bonds. The van der Waals surface area contributed by atoms with Gasteiger partial charge < -0.3 is 9.47 Å². The summed E-state index contributed by atoms with van der Waals surface area (Å²) in [6.07, 6.45) is 18.0. The molecule has 3 nitrogen and oxygen atoms in total. The van der Waals surface area contributed by atoms with Crippen molar-refractivity contribution in [3.05, 3.63) is 12.7 Å². The fourth-order valence-corrected chi connectivity index (χ4v) is 9.75.